The average Bonchev–Trinajstić information content (AvgIpc) is 2.68. The van der Waals surface area contributed by atoms with Crippen LogP contribution in [0.2, 0.25) is 5.02 Å². The molecule has 0 saturated carbocycles. The number of rotatable bonds is 7. The van der Waals surface area contributed by atoms with Crippen molar-refractivity contribution in [2.24, 2.45) is 0 Å². The minimum Gasteiger partial charge on any atom is -0.493 e. The zero-order valence-corrected chi connectivity index (χ0v) is 17.0. The van der Waals surface area contributed by atoms with Gasteiger partial charge in [0, 0.05) is 6.54 Å². The molecule has 0 aromatic heterocycles. The number of ether oxygens (including phenoxy) is 4. The van der Waals surface area contributed by atoms with Crippen LogP contribution < -0.4 is 24.3 Å². The van der Waals surface area contributed by atoms with Crippen molar-refractivity contribution in [3.05, 3.63) is 46.0 Å². The lowest BCUT2D eigenvalue weighted by atomic mass is 9.89. The lowest BCUT2D eigenvalue weighted by Crippen LogP contribution is -2.31. The zero-order chi connectivity index (χ0) is 19.4. The normalized spacial score (nSPS) is 15.8. The van der Waals surface area contributed by atoms with E-state index in [1.807, 2.05) is 26.0 Å². The summed E-state index contributed by atoms with van der Waals surface area (Å²) >= 11 is 6.67. The van der Waals surface area contributed by atoms with Gasteiger partial charge >= 0.3 is 0 Å². The van der Waals surface area contributed by atoms with Crippen molar-refractivity contribution in [2.45, 2.75) is 26.3 Å². The van der Waals surface area contributed by atoms with Crippen LogP contribution in [0.3, 0.4) is 0 Å². The van der Waals surface area contributed by atoms with E-state index >= 15 is 0 Å². The Morgan fingerprint density at radius 1 is 0.963 bits per heavy atom. The highest BCUT2D eigenvalue weighted by molar-refractivity contribution is 6.33. The van der Waals surface area contributed by atoms with Crippen molar-refractivity contribution in [1.29, 1.82) is 0 Å². The molecule has 0 amide bonds. The second-order valence-corrected chi connectivity index (χ2v) is 6.58. The highest BCUT2D eigenvalue weighted by atomic mass is 35.5. The van der Waals surface area contributed by atoms with Crippen LogP contribution in [0, 0.1) is 0 Å². The lowest BCUT2D eigenvalue weighted by Gasteiger charge is -2.30. The van der Waals surface area contributed by atoms with Gasteiger partial charge in [0.1, 0.15) is 0 Å². The van der Waals surface area contributed by atoms with Crippen molar-refractivity contribution >= 4 is 11.6 Å². The Kier molecular flexibility index (Phi) is 6.34. The molecule has 3 rings (SSSR count). The number of halogens is 1. The monoisotopic (exact) mass is 391 g/mol. The molecule has 0 saturated heterocycles. The van der Waals surface area contributed by atoms with Gasteiger partial charge in [0.15, 0.2) is 23.0 Å². The zero-order valence-electron chi connectivity index (χ0n) is 16.2. The number of fused-ring (bicyclic) bond motifs is 1. The third-order valence-corrected chi connectivity index (χ3v) is 5.07. The molecule has 1 atom stereocenters. The van der Waals surface area contributed by atoms with Gasteiger partial charge in [-0.25, -0.2) is 0 Å². The maximum atomic E-state index is 6.67. The highest BCUT2D eigenvalue weighted by Gasteiger charge is 2.27. The van der Waals surface area contributed by atoms with E-state index in [9.17, 15) is 0 Å². The molecule has 2 aromatic rings. The van der Waals surface area contributed by atoms with E-state index < -0.39 is 0 Å². The molecule has 0 unspecified atom stereocenters. The van der Waals surface area contributed by atoms with Crippen molar-refractivity contribution < 1.29 is 18.9 Å². The fourth-order valence-electron chi connectivity index (χ4n) is 3.51. The molecule has 2 aromatic carbocycles. The molecule has 1 aliphatic heterocycles. The van der Waals surface area contributed by atoms with Crippen molar-refractivity contribution in [3.63, 3.8) is 0 Å². The van der Waals surface area contributed by atoms with E-state index in [1.165, 1.54) is 5.56 Å². The Morgan fingerprint density at radius 3 is 2.30 bits per heavy atom. The van der Waals surface area contributed by atoms with Crippen LogP contribution in [0.25, 0.3) is 0 Å². The van der Waals surface area contributed by atoms with E-state index in [2.05, 4.69) is 17.4 Å². The first-order chi connectivity index (χ1) is 13.1. The molecule has 27 heavy (non-hydrogen) atoms. The van der Waals surface area contributed by atoms with Gasteiger partial charge in [-0.15, -0.1) is 0 Å². The van der Waals surface area contributed by atoms with Crippen molar-refractivity contribution in [2.75, 3.05) is 34.0 Å². The highest BCUT2D eigenvalue weighted by Crippen LogP contribution is 2.44. The molecule has 0 radical (unpaired) electrons. The molecule has 0 spiro atoms. The first kappa shape index (κ1) is 19.6. The third kappa shape index (κ3) is 3.80. The Morgan fingerprint density at radius 2 is 1.67 bits per heavy atom. The largest absolute Gasteiger partial charge is 0.493 e. The van der Waals surface area contributed by atoms with Crippen LogP contribution in [0.5, 0.6) is 23.0 Å². The summed E-state index contributed by atoms with van der Waals surface area (Å²) < 4.78 is 22.4. The molecule has 1 heterocycles. The summed E-state index contributed by atoms with van der Waals surface area (Å²) in [5.74, 6) is 2.70. The summed E-state index contributed by atoms with van der Waals surface area (Å²) in [7, 11) is 3.20. The average molecular weight is 392 g/mol. The summed E-state index contributed by atoms with van der Waals surface area (Å²) in [6.45, 7) is 5.97. The second-order valence-electron chi connectivity index (χ2n) is 6.21. The Hall–Kier alpha value is -2.11. The summed E-state index contributed by atoms with van der Waals surface area (Å²) in [4.78, 5) is 0. The lowest BCUT2D eigenvalue weighted by molar-refractivity contribution is 0.286. The quantitative estimate of drug-likeness (QED) is 0.758. The molecular weight excluding hydrogens is 366 g/mol. The van der Waals surface area contributed by atoms with E-state index in [1.54, 1.807) is 14.2 Å². The molecule has 6 heteroatoms. The summed E-state index contributed by atoms with van der Waals surface area (Å²) in [5.41, 5.74) is 3.32. The van der Waals surface area contributed by atoms with Crippen LogP contribution in [0.1, 0.15) is 36.6 Å². The van der Waals surface area contributed by atoms with Gasteiger partial charge < -0.3 is 24.3 Å². The topological polar surface area (TPSA) is 49.0 Å². The Labute approximate surface area is 165 Å². The van der Waals surface area contributed by atoms with E-state index in [4.69, 9.17) is 30.5 Å². The fourth-order valence-corrected chi connectivity index (χ4v) is 3.85. The predicted octanol–water partition coefficient (Wildman–Crippen LogP) is 4.39. The Bertz CT molecular complexity index is 809. The molecule has 146 valence electrons. The predicted molar refractivity (Wildman–Crippen MR) is 107 cm³/mol. The van der Waals surface area contributed by atoms with E-state index in [0.29, 0.717) is 29.7 Å². The molecule has 0 aliphatic carbocycles. The molecule has 0 bridgehead atoms. The van der Waals surface area contributed by atoms with E-state index in [0.717, 1.165) is 35.6 Å². The minimum absolute atomic E-state index is 0.0593. The van der Waals surface area contributed by atoms with Crippen LogP contribution in [0.15, 0.2) is 24.3 Å². The summed E-state index contributed by atoms with van der Waals surface area (Å²) in [6.07, 6.45) is 0.920. The first-order valence-corrected chi connectivity index (χ1v) is 9.58. The van der Waals surface area contributed by atoms with Gasteiger partial charge in [-0.1, -0.05) is 17.7 Å². The van der Waals surface area contributed by atoms with Gasteiger partial charge in [-0.05, 0) is 55.2 Å². The maximum absolute atomic E-state index is 6.67. The second kappa shape index (κ2) is 8.72. The van der Waals surface area contributed by atoms with Gasteiger partial charge in [-0.3, -0.25) is 0 Å². The van der Waals surface area contributed by atoms with Crippen LogP contribution in [0.4, 0.5) is 0 Å². The maximum Gasteiger partial charge on any atom is 0.179 e. The van der Waals surface area contributed by atoms with Crippen LogP contribution in [-0.2, 0) is 6.42 Å². The SMILES string of the molecule is CCOc1cc2c(cc1OCC)[C@@H](c1ccc(OC)c(OC)c1Cl)NCC2. The standard InChI is InChI=1S/C21H26ClNO4/c1-5-26-17-11-13-9-10-23-20(15(13)12-18(17)27-6-2)14-7-8-16(24-3)21(25-4)19(14)22/h7-8,11-12,20,23H,5-6,9-10H2,1-4H3/t20-/m1/s1. The van der Waals surface area contributed by atoms with Crippen LogP contribution >= 0.6 is 11.6 Å². The number of nitrogens with one attached hydrogen (secondary N) is 1. The van der Waals surface area contributed by atoms with Crippen LogP contribution in [-0.4, -0.2) is 34.0 Å². The molecule has 5 nitrogen and oxygen atoms in total. The van der Waals surface area contributed by atoms with Crippen molar-refractivity contribution in [3.8, 4) is 23.0 Å². The first-order valence-electron chi connectivity index (χ1n) is 9.20. The number of hydrogen-bond donors (Lipinski definition) is 1. The summed E-state index contributed by atoms with van der Waals surface area (Å²) in [5, 5.41) is 4.11. The molecule has 1 aliphatic rings. The number of methoxy groups -OCH3 is 2. The molecule has 1 N–H and O–H groups in total. The molecular formula is C21H26ClNO4. The Balaban J connectivity index is 2.10. The van der Waals surface area contributed by atoms with Gasteiger partial charge in [0.2, 0.25) is 0 Å². The molecule has 0 fully saturated rings. The third-order valence-electron chi connectivity index (χ3n) is 4.68. The van der Waals surface area contributed by atoms with Gasteiger partial charge in [-0.2, -0.15) is 0 Å². The van der Waals surface area contributed by atoms with E-state index in [-0.39, 0.29) is 6.04 Å². The number of hydrogen-bond acceptors (Lipinski definition) is 5. The van der Waals surface area contributed by atoms with Gasteiger partial charge in [0.05, 0.1) is 38.5 Å². The van der Waals surface area contributed by atoms with Crippen molar-refractivity contribution in [1.82, 2.24) is 5.32 Å². The minimum atomic E-state index is -0.0593. The number of benzene rings is 2. The smallest absolute Gasteiger partial charge is 0.179 e. The summed E-state index contributed by atoms with van der Waals surface area (Å²) in [6, 6.07) is 7.96. The van der Waals surface area contributed by atoms with Gasteiger partial charge in [0.25, 0.3) is 0 Å². The fraction of sp³-hybridized carbons (Fsp3) is 0.429.